The Morgan fingerprint density at radius 1 is 1.05 bits per heavy atom. The second-order valence-corrected chi connectivity index (χ2v) is 12.5. The van der Waals surface area contributed by atoms with Gasteiger partial charge in [-0.25, -0.2) is 0 Å². The van der Waals surface area contributed by atoms with E-state index in [1.807, 2.05) is 30.5 Å². The third-order valence-corrected chi connectivity index (χ3v) is 9.84. The summed E-state index contributed by atoms with van der Waals surface area (Å²) < 4.78 is 4.18. The largest absolute Gasteiger partial charge is 0.338 e. The van der Waals surface area contributed by atoms with Crippen molar-refractivity contribution in [1.29, 1.82) is 0 Å². The first kappa shape index (κ1) is 26.4. The first-order valence-electron chi connectivity index (χ1n) is 15.5. The number of benzene rings is 1. The van der Waals surface area contributed by atoms with Crippen LogP contribution in [0.5, 0.6) is 0 Å². The monoisotopic (exact) mass is 551 g/mol. The summed E-state index contributed by atoms with van der Waals surface area (Å²) in [7, 11) is 1.92. The molecule has 1 aromatic carbocycles. The number of nitrogens with zero attached hydrogens (tertiary/aromatic N) is 6. The van der Waals surface area contributed by atoms with Gasteiger partial charge in [0, 0.05) is 73.6 Å². The third kappa shape index (κ3) is 5.18. The number of pyridine rings is 1. The molecule has 3 aliphatic rings. The van der Waals surface area contributed by atoms with Gasteiger partial charge in [0.2, 0.25) is 5.91 Å². The van der Waals surface area contributed by atoms with E-state index >= 15 is 0 Å². The van der Waals surface area contributed by atoms with Crippen LogP contribution in [0.15, 0.2) is 42.9 Å². The average Bonchev–Trinajstić information content (AvgIpc) is 3.61. The number of rotatable bonds is 5. The van der Waals surface area contributed by atoms with Gasteiger partial charge in [0.05, 0.1) is 23.6 Å². The minimum absolute atomic E-state index is 0.133. The zero-order chi connectivity index (χ0) is 27.9. The van der Waals surface area contributed by atoms with Crippen LogP contribution in [0, 0.1) is 11.8 Å². The Morgan fingerprint density at radius 2 is 1.85 bits per heavy atom. The van der Waals surface area contributed by atoms with Crippen LogP contribution >= 0.6 is 0 Å². The van der Waals surface area contributed by atoms with Crippen LogP contribution in [0.1, 0.15) is 69.2 Å². The van der Waals surface area contributed by atoms with E-state index in [0.717, 1.165) is 58.1 Å². The highest BCUT2D eigenvalue weighted by Crippen LogP contribution is 2.41. The zero-order valence-corrected chi connectivity index (χ0v) is 24.4. The minimum Gasteiger partial charge on any atom is -0.338 e. The molecule has 1 saturated heterocycles. The Hall–Kier alpha value is -3.52. The Morgan fingerprint density at radius 3 is 2.61 bits per heavy atom. The molecule has 8 nitrogen and oxygen atoms in total. The van der Waals surface area contributed by atoms with Crippen LogP contribution in [-0.4, -0.2) is 55.0 Å². The predicted molar refractivity (Wildman–Crippen MR) is 161 cm³/mol. The maximum Gasteiger partial charge on any atom is 0.219 e. The van der Waals surface area contributed by atoms with Gasteiger partial charge in [0.15, 0.2) is 0 Å². The normalized spacial score (nSPS) is 21.8. The predicted octanol–water partition coefficient (Wildman–Crippen LogP) is 5.52. The van der Waals surface area contributed by atoms with Gasteiger partial charge < -0.3 is 10.2 Å². The van der Waals surface area contributed by atoms with Crippen molar-refractivity contribution >= 4 is 16.7 Å². The summed E-state index contributed by atoms with van der Waals surface area (Å²) in [4.78, 5) is 19.2. The Labute approximate surface area is 242 Å². The van der Waals surface area contributed by atoms with E-state index in [-0.39, 0.29) is 5.91 Å². The second-order valence-electron chi connectivity index (χ2n) is 12.5. The smallest absolute Gasteiger partial charge is 0.219 e. The summed E-state index contributed by atoms with van der Waals surface area (Å²) in [6, 6.07) is 9.02. The Kier molecular flexibility index (Phi) is 7.11. The molecule has 0 spiro atoms. The molecule has 1 aliphatic carbocycles. The standard InChI is InChI=1S/C33H41N7O/c1-22(41)39-15-12-32-30(21-39)33(37-40(32)27-8-6-23(7-9-27)16-24-10-13-34-14-11-24)28-5-3-4-25-17-31(35-19-29(25)28)26-18-36-38(2)20-26/h3-5,17-20,23-24,27,34H,6-16,21H2,1-2H3. The van der Waals surface area contributed by atoms with Gasteiger partial charge in [-0.1, -0.05) is 18.2 Å². The molecule has 1 amide bonds. The van der Waals surface area contributed by atoms with E-state index in [2.05, 4.69) is 39.4 Å². The highest BCUT2D eigenvalue weighted by Gasteiger charge is 2.32. The van der Waals surface area contributed by atoms with E-state index in [0.29, 0.717) is 12.6 Å². The van der Waals surface area contributed by atoms with Crippen LogP contribution in [-0.2, 0) is 24.8 Å². The molecular weight excluding hydrogens is 510 g/mol. The molecule has 1 N–H and O–H groups in total. The molecule has 0 unspecified atom stereocenters. The van der Waals surface area contributed by atoms with E-state index in [1.165, 1.54) is 69.3 Å². The van der Waals surface area contributed by atoms with Crippen molar-refractivity contribution in [2.24, 2.45) is 18.9 Å². The number of aryl methyl sites for hydroxylation is 1. The van der Waals surface area contributed by atoms with Crippen molar-refractivity contribution in [3.05, 3.63) is 54.1 Å². The average molecular weight is 552 g/mol. The van der Waals surface area contributed by atoms with E-state index in [1.54, 1.807) is 11.6 Å². The van der Waals surface area contributed by atoms with Crippen molar-refractivity contribution in [3.8, 4) is 22.5 Å². The van der Waals surface area contributed by atoms with Crippen molar-refractivity contribution in [1.82, 2.24) is 34.8 Å². The summed E-state index contributed by atoms with van der Waals surface area (Å²) in [5.41, 5.74) is 6.59. The topological polar surface area (TPSA) is 80.9 Å². The molecule has 7 rings (SSSR count). The van der Waals surface area contributed by atoms with Gasteiger partial charge in [0.25, 0.3) is 0 Å². The Balaban J connectivity index is 1.21. The molecule has 41 heavy (non-hydrogen) atoms. The maximum absolute atomic E-state index is 12.4. The number of hydrogen-bond acceptors (Lipinski definition) is 5. The summed E-state index contributed by atoms with van der Waals surface area (Å²) in [5, 5.41) is 15.4. The van der Waals surface area contributed by atoms with Crippen molar-refractivity contribution in [3.63, 3.8) is 0 Å². The van der Waals surface area contributed by atoms with Crippen LogP contribution in [0.3, 0.4) is 0 Å². The molecule has 1 saturated carbocycles. The first-order valence-corrected chi connectivity index (χ1v) is 15.5. The molecule has 8 heteroatoms. The molecule has 0 radical (unpaired) electrons. The Bertz CT molecular complexity index is 1560. The van der Waals surface area contributed by atoms with Gasteiger partial charge in [-0.15, -0.1) is 0 Å². The quantitative estimate of drug-likeness (QED) is 0.353. The fourth-order valence-electron chi connectivity index (χ4n) is 7.54. The number of fused-ring (bicyclic) bond motifs is 2. The molecule has 3 aromatic heterocycles. The van der Waals surface area contributed by atoms with Gasteiger partial charge in [0.1, 0.15) is 0 Å². The van der Waals surface area contributed by atoms with Gasteiger partial charge in [-0.3, -0.25) is 19.1 Å². The SMILES string of the molecule is CC(=O)N1CCc2c(c(-c3cccc4cc(-c5cnn(C)c5)ncc34)nn2C2CCC(CC3CCNCC3)CC2)C1. The van der Waals surface area contributed by atoms with E-state index < -0.39 is 0 Å². The molecule has 0 atom stereocenters. The van der Waals surface area contributed by atoms with E-state index in [9.17, 15) is 4.79 Å². The third-order valence-electron chi connectivity index (χ3n) is 9.84. The minimum atomic E-state index is 0.133. The summed E-state index contributed by atoms with van der Waals surface area (Å²) in [6.45, 7) is 5.45. The fourth-order valence-corrected chi connectivity index (χ4v) is 7.54. The fraction of sp³-hybridized carbons (Fsp3) is 0.515. The van der Waals surface area contributed by atoms with Crippen molar-refractivity contribution in [2.45, 2.75) is 70.9 Å². The maximum atomic E-state index is 12.4. The number of hydrogen-bond donors (Lipinski definition) is 1. The lowest BCUT2D eigenvalue weighted by Gasteiger charge is -2.34. The molecule has 214 valence electrons. The van der Waals surface area contributed by atoms with Gasteiger partial charge in [-0.05, 0) is 81.3 Å². The lowest BCUT2D eigenvalue weighted by atomic mass is 9.78. The molecular formula is C33H41N7O. The second kappa shape index (κ2) is 11.0. The van der Waals surface area contributed by atoms with Gasteiger partial charge >= 0.3 is 0 Å². The summed E-state index contributed by atoms with van der Waals surface area (Å²) in [6.07, 6.45) is 15.8. The lowest BCUT2D eigenvalue weighted by Crippen LogP contribution is -2.35. The number of nitrogens with one attached hydrogen (secondary N) is 1. The zero-order valence-electron chi connectivity index (χ0n) is 24.4. The first-order chi connectivity index (χ1) is 20.0. The van der Waals surface area contributed by atoms with Crippen molar-refractivity contribution in [2.75, 3.05) is 19.6 Å². The lowest BCUT2D eigenvalue weighted by molar-refractivity contribution is -0.129. The number of aromatic nitrogens is 5. The van der Waals surface area contributed by atoms with Crippen molar-refractivity contribution < 1.29 is 4.79 Å². The van der Waals surface area contributed by atoms with Crippen LogP contribution < -0.4 is 5.32 Å². The van der Waals surface area contributed by atoms with Crippen LogP contribution in [0.25, 0.3) is 33.3 Å². The summed E-state index contributed by atoms with van der Waals surface area (Å²) >= 11 is 0. The van der Waals surface area contributed by atoms with Gasteiger partial charge in [-0.2, -0.15) is 10.2 Å². The van der Waals surface area contributed by atoms with E-state index in [4.69, 9.17) is 10.1 Å². The molecule has 4 aromatic rings. The molecule has 2 aliphatic heterocycles. The number of carbonyl (C=O) groups is 1. The number of amides is 1. The molecule has 0 bridgehead atoms. The van der Waals surface area contributed by atoms with Crippen LogP contribution in [0.4, 0.5) is 0 Å². The summed E-state index contributed by atoms with van der Waals surface area (Å²) in [5.74, 6) is 1.89. The highest BCUT2D eigenvalue weighted by atomic mass is 16.2. The molecule has 2 fully saturated rings. The molecule has 5 heterocycles. The number of carbonyl (C=O) groups excluding carboxylic acids is 1. The van der Waals surface area contributed by atoms with Crippen LogP contribution in [0.2, 0.25) is 0 Å². The highest BCUT2D eigenvalue weighted by molar-refractivity contribution is 5.97. The number of piperidine rings is 1.